The number of Topliss-reactive ketones (excluding diaryl/α,β-unsaturated/α-hetero) is 1. The van der Waals surface area contributed by atoms with Crippen molar-refractivity contribution in [1.82, 2.24) is 19.8 Å². The van der Waals surface area contributed by atoms with Gasteiger partial charge in [0.25, 0.3) is 0 Å². The molecular weight excluding hydrogens is 284 g/mol. The summed E-state index contributed by atoms with van der Waals surface area (Å²) in [7, 11) is 0. The van der Waals surface area contributed by atoms with E-state index in [2.05, 4.69) is 15.3 Å². The van der Waals surface area contributed by atoms with Gasteiger partial charge in [0.2, 0.25) is 0 Å². The van der Waals surface area contributed by atoms with Crippen molar-refractivity contribution in [3.05, 3.63) is 23.1 Å². The molecule has 0 amide bonds. The van der Waals surface area contributed by atoms with E-state index in [4.69, 9.17) is 4.74 Å². The molecule has 2 rings (SSSR count). The first-order valence-corrected chi connectivity index (χ1v) is 7.57. The third kappa shape index (κ3) is 2.98. The van der Waals surface area contributed by atoms with Crippen LogP contribution in [0.5, 0.6) is 0 Å². The Morgan fingerprint density at radius 1 is 1.18 bits per heavy atom. The quantitative estimate of drug-likeness (QED) is 0.576. The fraction of sp³-hybridized carbons (Fsp3) is 0.533. The van der Waals surface area contributed by atoms with Gasteiger partial charge in [-0.05, 0) is 19.8 Å². The molecule has 0 aliphatic carbocycles. The van der Waals surface area contributed by atoms with Crippen LogP contribution in [0.3, 0.4) is 0 Å². The molecule has 2 aromatic heterocycles. The lowest BCUT2D eigenvalue weighted by Gasteiger charge is -2.08. The first-order valence-electron chi connectivity index (χ1n) is 7.57. The summed E-state index contributed by atoms with van der Waals surface area (Å²) in [5.74, 6) is -0.532. The van der Waals surface area contributed by atoms with E-state index in [1.54, 1.807) is 6.92 Å². The SMILES string of the molecule is CCCC(=O)c1nnc2c(C(=O)OCC)cnn2c1CCC. The molecule has 22 heavy (non-hydrogen) atoms. The molecule has 0 N–H and O–H groups in total. The minimum Gasteiger partial charge on any atom is -0.462 e. The number of hydrogen-bond donors (Lipinski definition) is 0. The van der Waals surface area contributed by atoms with E-state index in [-0.39, 0.29) is 18.0 Å². The molecule has 0 radical (unpaired) electrons. The van der Waals surface area contributed by atoms with Gasteiger partial charge < -0.3 is 4.74 Å². The molecule has 0 saturated carbocycles. The molecule has 0 aliphatic rings. The van der Waals surface area contributed by atoms with Crippen molar-refractivity contribution in [1.29, 1.82) is 0 Å². The number of carbonyl (C=O) groups is 2. The van der Waals surface area contributed by atoms with E-state index in [9.17, 15) is 9.59 Å². The summed E-state index contributed by atoms with van der Waals surface area (Å²) in [5, 5.41) is 12.3. The predicted molar refractivity (Wildman–Crippen MR) is 80.0 cm³/mol. The number of ketones is 1. The Kier molecular flexibility index (Phi) is 5.19. The van der Waals surface area contributed by atoms with Crippen molar-refractivity contribution in [3.63, 3.8) is 0 Å². The van der Waals surface area contributed by atoms with E-state index < -0.39 is 5.97 Å². The van der Waals surface area contributed by atoms with Crippen LogP contribution in [-0.4, -0.2) is 38.2 Å². The summed E-state index contributed by atoms with van der Waals surface area (Å²) in [6, 6.07) is 0. The molecule has 0 bridgehead atoms. The van der Waals surface area contributed by atoms with E-state index in [0.717, 1.165) is 12.8 Å². The Bertz CT molecular complexity index is 693. The molecule has 2 aromatic rings. The van der Waals surface area contributed by atoms with Gasteiger partial charge in [0, 0.05) is 6.42 Å². The molecule has 0 spiro atoms. The van der Waals surface area contributed by atoms with Gasteiger partial charge in [0.15, 0.2) is 17.1 Å². The van der Waals surface area contributed by atoms with Crippen molar-refractivity contribution in [2.75, 3.05) is 6.61 Å². The molecular formula is C15H20N4O3. The van der Waals surface area contributed by atoms with Crippen molar-refractivity contribution in [2.24, 2.45) is 0 Å². The number of aromatic nitrogens is 4. The first-order chi connectivity index (χ1) is 10.6. The highest BCUT2D eigenvalue weighted by Crippen LogP contribution is 2.16. The van der Waals surface area contributed by atoms with Crippen LogP contribution in [0, 0.1) is 0 Å². The normalized spacial score (nSPS) is 10.9. The monoisotopic (exact) mass is 304 g/mol. The number of fused-ring (bicyclic) bond motifs is 1. The second-order valence-corrected chi connectivity index (χ2v) is 4.93. The van der Waals surface area contributed by atoms with Crippen LogP contribution in [0.15, 0.2) is 6.20 Å². The van der Waals surface area contributed by atoms with Gasteiger partial charge in [-0.3, -0.25) is 4.79 Å². The summed E-state index contributed by atoms with van der Waals surface area (Å²) in [5.41, 5.74) is 1.63. The number of nitrogens with zero attached hydrogens (tertiary/aromatic N) is 4. The average Bonchev–Trinajstić information content (AvgIpc) is 2.92. The first kappa shape index (κ1) is 16.1. The van der Waals surface area contributed by atoms with E-state index in [0.29, 0.717) is 29.9 Å². The van der Waals surface area contributed by atoms with E-state index in [1.165, 1.54) is 10.7 Å². The predicted octanol–water partition coefficient (Wildman–Crippen LogP) is 2.24. The van der Waals surface area contributed by atoms with Crippen LogP contribution < -0.4 is 0 Å². The molecule has 0 aromatic carbocycles. The maximum atomic E-state index is 12.2. The summed E-state index contributed by atoms with van der Waals surface area (Å²) < 4.78 is 6.52. The molecule has 0 saturated heterocycles. The minimum atomic E-state index is -0.484. The maximum absolute atomic E-state index is 12.2. The molecule has 0 atom stereocenters. The highest BCUT2D eigenvalue weighted by molar-refractivity contribution is 5.97. The highest BCUT2D eigenvalue weighted by atomic mass is 16.5. The zero-order valence-corrected chi connectivity index (χ0v) is 13.1. The van der Waals surface area contributed by atoms with Gasteiger partial charge >= 0.3 is 5.97 Å². The standard InChI is InChI=1S/C15H20N4O3/c1-4-7-11-13(12(20)8-5-2)17-18-14-10(9-16-19(11)14)15(21)22-6-3/h9H,4-8H2,1-3H3. The number of hydrogen-bond acceptors (Lipinski definition) is 6. The molecule has 0 fully saturated rings. The lowest BCUT2D eigenvalue weighted by atomic mass is 10.1. The fourth-order valence-corrected chi connectivity index (χ4v) is 2.27. The van der Waals surface area contributed by atoms with Gasteiger partial charge in [0.1, 0.15) is 5.56 Å². The second-order valence-electron chi connectivity index (χ2n) is 4.93. The van der Waals surface area contributed by atoms with Crippen molar-refractivity contribution in [3.8, 4) is 0 Å². The number of carbonyl (C=O) groups excluding carboxylic acids is 2. The highest BCUT2D eigenvalue weighted by Gasteiger charge is 2.22. The fourth-order valence-electron chi connectivity index (χ4n) is 2.27. The summed E-state index contributed by atoms with van der Waals surface area (Å²) >= 11 is 0. The summed E-state index contributed by atoms with van der Waals surface area (Å²) in [4.78, 5) is 24.1. The minimum absolute atomic E-state index is 0.0477. The van der Waals surface area contributed by atoms with Gasteiger partial charge in [-0.2, -0.15) is 5.10 Å². The van der Waals surface area contributed by atoms with Crippen LogP contribution in [0.1, 0.15) is 66.6 Å². The Morgan fingerprint density at radius 3 is 2.59 bits per heavy atom. The molecule has 0 unspecified atom stereocenters. The van der Waals surface area contributed by atoms with E-state index >= 15 is 0 Å². The third-order valence-electron chi connectivity index (χ3n) is 3.24. The second kappa shape index (κ2) is 7.11. The molecule has 7 heteroatoms. The zero-order chi connectivity index (χ0) is 16.1. The summed E-state index contributed by atoms with van der Waals surface area (Å²) in [6.45, 7) is 5.96. The summed E-state index contributed by atoms with van der Waals surface area (Å²) in [6.07, 6.45) is 4.05. The van der Waals surface area contributed by atoms with Crippen molar-refractivity contribution in [2.45, 2.75) is 46.5 Å². The van der Waals surface area contributed by atoms with Crippen LogP contribution in [0.4, 0.5) is 0 Å². The maximum Gasteiger partial charge on any atom is 0.343 e. The van der Waals surface area contributed by atoms with Gasteiger partial charge in [0.05, 0.1) is 18.5 Å². The zero-order valence-electron chi connectivity index (χ0n) is 13.1. The van der Waals surface area contributed by atoms with Gasteiger partial charge in [-0.25, -0.2) is 9.31 Å². The lowest BCUT2D eigenvalue weighted by Crippen LogP contribution is -2.15. The smallest absolute Gasteiger partial charge is 0.343 e. The topological polar surface area (TPSA) is 86.5 Å². The lowest BCUT2D eigenvalue weighted by molar-refractivity contribution is 0.0528. The number of ether oxygens (including phenoxy) is 1. The number of aryl methyl sites for hydroxylation is 1. The third-order valence-corrected chi connectivity index (χ3v) is 3.24. The van der Waals surface area contributed by atoms with Crippen LogP contribution in [0.25, 0.3) is 5.65 Å². The molecule has 118 valence electrons. The van der Waals surface area contributed by atoms with Crippen molar-refractivity contribution < 1.29 is 14.3 Å². The Morgan fingerprint density at radius 2 is 1.95 bits per heavy atom. The number of esters is 1. The Balaban J connectivity index is 2.55. The van der Waals surface area contributed by atoms with Crippen LogP contribution >= 0.6 is 0 Å². The van der Waals surface area contributed by atoms with E-state index in [1.807, 2.05) is 13.8 Å². The van der Waals surface area contributed by atoms with Crippen LogP contribution in [-0.2, 0) is 11.2 Å². The largest absolute Gasteiger partial charge is 0.462 e. The molecule has 7 nitrogen and oxygen atoms in total. The van der Waals surface area contributed by atoms with Crippen molar-refractivity contribution >= 4 is 17.4 Å². The Hall–Kier alpha value is -2.31. The molecule has 2 heterocycles. The molecule has 0 aliphatic heterocycles. The number of rotatable bonds is 7. The van der Waals surface area contributed by atoms with Gasteiger partial charge in [-0.15, -0.1) is 10.2 Å². The average molecular weight is 304 g/mol. The van der Waals surface area contributed by atoms with Crippen LogP contribution in [0.2, 0.25) is 0 Å². The Labute approximate surface area is 128 Å². The van der Waals surface area contributed by atoms with Gasteiger partial charge in [-0.1, -0.05) is 20.3 Å².